The second-order valence-corrected chi connectivity index (χ2v) is 6.57. The number of aliphatic imine (C=N–C) groups is 1. The zero-order valence-corrected chi connectivity index (χ0v) is 13.1. The summed E-state index contributed by atoms with van der Waals surface area (Å²) in [4.78, 5) is 9.26. The monoisotopic (exact) mass is 266 g/mol. The van der Waals surface area contributed by atoms with Crippen molar-refractivity contribution in [2.75, 3.05) is 40.3 Å². The Labute approximate surface area is 118 Å². The first-order valence-corrected chi connectivity index (χ1v) is 7.72. The van der Waals surface area contributed by atoms with Gasteiger partial charge in [0.25, 0.3) is 0 Å². The molecular formula is C15H30N4. The molecule has 0 radical (unpaired) electrons. The lowest BCUT2D eigenvalue weighted by atomic mass is 9.68. The third-order valence-electron chi connectivity index (χ3n) is 4.99. The molecule has 0 aromatic rings. The molecule has 0 amide bonds. The highest BCUT2D eigenvalue weighted by Gasteiger charge is 2.43. The zero-order chi connectivity index (χ0) is 13.9. The molecule has 2 fully saturated rings. The van der Waals surface area contributed by atoms with Gasteiger partial charge in [0.15, 0.2) is 5.96 Å². The molecule has 19 heavy (non-hydrogen) atoms. The number of likely N-dealkylation sites (tertiary alicyclic amines) is 1. The molecule has 2 aliphatic rings. The van der Waals surface area contributed by atoms with Crippen molar-refractivity contribution in [3.05, 3.63) is 0 Å². The van der Waals surface area contributed by atoms with E-state index in [0.29, 0.717) is 11.5 Å². The molecule has 1 aliphatic heterocycles. The highest BCUT2D eigenvalue weighted by Crippen LogP contribution is 2.47. The van der Waals surface area contributed by atoms with Gasteiger partial charge < -0.3 is 15.1 Å². The second kappa shape index (κ2) is 6.12. The number of guanidine groups is 1. The van der Waals surface area contributed by atoms with Crippen molar-refractivity contribution in [1.82, 2.24) is 15.1 Å². The molecule has 0 unspecified atom stereocenters. The highest BCUT2D eigenvalue weighted by molar-refractivity contribution is 5.80. The Kier molecular flexibility index (Phi) is 4.71. The van der Waals surface area contributed by atoms with Crippen LogP contribution in [-0.2, 0) is 0 Å². The Hall–Kier alpha value is -0.770. The predicted molar refractivity (Wildman–Crippen MR) is 81.6 cm³/mol. The van der Waals surface area contributed by atoms with Gasteiger partial charge in [-0.3, -0.25) is 4.99 Å². The van der Waals surface area contributed by atoms with E-state index in [4.69, 9.17) is 0 Å². The van der Waals surface area contributed by atoms with Crippen LogP contribution in [-0.4, -0.2) is 62.1 Å². The Balaban J connectivity index is 1.75. The number of hydrogen-bond donors (Lipinski definition) is 1. The fraction of sp³-hybridized carbons (Fsp3) is 0.933. The minimum atomic E-state index is 0.605. The summed E-state index contributed by atoms with van der Waals surface area (Å²) >= 11 is 0. The van der Waals surface area contributed by atoms with Crippen molar-refractivity contribution in [2.24, 2.45) is 10.4 Å². The third kappa shape index (κ3) is 3.41. The van der Waals surface area contributed by atoms with Gasteiger partial charge in [-0.2, -0.15) is 0 Å². The van der Waals surface area contributed by atoms with Crippen LogP contribution in [0.1, 0.15) is 39.5 Å². The van der Waals surface area contributed by atoms with Crippen molar-refractivity contribution < 1.29 is 0 Å². The van der Waals surface area contributed by atoms with Crippen LogP contribution in [0.15, 0.2) is 4.99 Å². The quantitative estimate of drug-likeness (QED) is 0.621. The maximum atomic E-state index is 4.45. The van der Waals surface area contributed by atoms with Crippen LogP contribution in [0.5, 0.6) is 0 Å². The maximum absolute atomic E-state index is 4.45. The number of nitrogens with one attached hydrogen (secondary N) is 1. The lowest BCUT2D eigenvalue weighted by Crippen LogP contribution is -2.45. The summed E-state index contributed by atoms with van der Waals surface area (Å²) in [5.74, 6) is 1.10. The molecule has 2 rings (SSSR count). The van der Waals surface area contributed by atoms with Gasteiger partial charge in [-0.05, 0) is 45.6 Å². The van der Waals surface area contributed by atoms with E-state index in [9.17, 15) is 0 Å². The molecule has 1 N–H and O–H groups in total. The molecule has 4 nitrogen and oxygen atoms in total. The summed E-state index contributed by atoms with van der Waals surface area (Å²) in [6.45, 7) is 8.90. The van der Waals surface area contributed by atoms with E-state index in [2.05, 4.69) is 41.0 Å². The minimum absolute atomic E-state index is 0.605. The lowest BCUT2D eigenvalue weighted by Gasteiger charge is -2.38. The van der Waals surface area contributed by atoms with Crippen LogP contribution in [0.25, 0.3) is 0 Å². The minimum Gasteiger partial charge on any atom is -0.355 e. The van der Waals surface area contributed by atoms with Crippen molar-refractivity contribution in [3.8, 4) is 0 Å². The van der Waals surface area contributed by atoms with Crippen LogP contribution < -0.4 is 5.32 Å². The van der Waals surface area contributed by atoms with Crippen LogP contribution in [0.4, 0.5) is 0 Å². The average molecular weight is 266 g/mol. The number of likely N-dealkylation sites (N-methyl/N-ethyl adjacent to an activating group) is 1. The Bertz CT molecular complexity index is 320. The summed E-state index contributed by atoms with van der Waals surface area (Å²) in [5, 5.41) is 3.52. The van der Waals surface area contributed by atoms with Crippen LogP contribution >= 0.6 is 0 Å². The maximum Gasteiger partial charge on any atom is 0.193 e. The predicted octanol–water partition coefficient (Wildman–Crippen LogP) is 1.78. The molecule has 110 valence electrons. The standard InChI is InChI=1S/C15H30N4/c1-13(2)18(4)11-9-17-14(16-3)19-10-8-15(12-19)6-5-7-15/h13H,5-12H2,1-4H3,(H,16,17). The molecule has 1 aliphatic carbocycles. The lowest BCUT2D eigenvalue weighted by molar-refractivity contribution is 0.151. The van der Waals surface area contributed by atoms with E-state index in [0.717, 1.165) is 19.0 Å². The first-order valence-electron chi connectivity index (χ1n) is 7.72. The summed E-state index contributed by atoms with van der Waals surface area (Å²) in [6, 6.07) is 0.605. The van der Waals surface area contributed by atoms with Gasteiger partial charge in [-0.25, -0.2) is 0 Å². The van der Waals surface area contributed by atoms with Crippen molar-refractivity contribution >= 4 is 5.96 Å². The summed E-state index contributed by atoms with van der Waals surface area (Å²) in [5.41, 5.74) is 0.645. The normalized spacial score (nSPS) is 22.4. The van der Waals surface area contributed by atoms with Gasteiger partial charge in [0.1, 0.15) is 0 Å². The van der Waals surface area contributed by atoms with Crippen LogP contribution in [0, 0.1) is 5.41 Å². The van der Waals surface area contributed by atoms with Crippen molar-refractivity contribution in [2.45, 2.75) is 45.6 Å². The third-order valence-corrected chi connectivity index (χ3v) is 4.99. The molecule has 1 saturated heterocycles. The summed E-state index contributed by atoms with van der Waals surface area (Å²) in [7, 11) is 4.08. The molecule has 1 spiro atoms. The fourth-order valence-corrected chi connectivity index (χ4v) is 3.14. The molecule has 0 aromatic heterocycles. The van der Waals surface area contributed by atoms with E-state index in [1.807, 2.05) is 7.05 Å². The molecule has 0 bridgehead atoms. The molecule has 1 saturated carbocycles. The average Bonchev–Trinajstić information content (AvgIpc) is 2.79. The first kappa shape index (κ1) is 14.6. The first-order chi connectivity index (χ1) is 9.06. The van der Waals surface area contributed by atoms with E-state index in [1.54, 1.807) is 0 Å². The molecule has 4 heteroatoms. The van der Waals surface area contributed by atoms with Gasteiger partial charge >= 0.3 is 0 Å². The van der Waals surface area contributed by atoms with Crippen molar-refractivity contribution in [3.63, 3.8) is 0 Å². The highest BCUT2D eigenvalue weighted by atomic mass is 15.3. The molecular weight excluding hydrogens is 236 g/mol. The largest absolute Gasteiger partial charge is 0.355 e. The Morgan fingerprint density at radius 1 is 1.37 bits per heavy atom. The Morgan fingerprint density at radius 2 is 2.11 bits per heavy atom. The second-order valence-electron chi connectivity index (χ2n) is 6.57. The van der Waals surface area contributed by atoms with Gasteiger partial charge in [0.05, 0.1) is 0 Å². The fourth-order valence-electron chi connectivity index (χ4n) is 3.14. The number of nitrogens with zero attached hydrogens (tertiary/aromatic N) is 3. The van der Waals surface area contributed by atoms with Crippen LogP contribution in [0.2, 0.25) is 0 Å². The van der Waals surface area contributed by atoms with Crippen molar-refractivity contribution in [1.29, 1.82) is 0 Å². The van der Waals surface area contributed by atoms with E-state index >= 15 is 0 Å². The SMILES string of the molecule is CN=C(NCCN(C)C(C)C)N1CCC2(CCC2)C1. The smallest absolute Gasteiger partial charge is 0.193 e. The Morgan fingerprint density at radius 3 is 2.58 bits per heavy atom. The number of hydrogen-bond acceptors (Lipinski definition) is 2. The summed E-state index contributed by atoms with van der Waals surface area (Å²) in [6.07, 6.45) is 5.64. The van der Waals surface area contributed by atoms with E-state index < -0.39 is 0 Å². The van der Waals surface area contributed by atoms with Crippen LogP contribution in [0.3, 0.4) is 0 Å². The van der Waals surface area contributed by atoms with Gasteiger partial charge in [0, 0.05) is 39.3 Å². The topological polar surface area (TPSA) is 30.9 Å². The van der Waals surface area contributed by atoms with Gasteiger partial charge in [0.2, 0.25) is 0 Å². The van der Waals surface area contributed by atoms with E-state index in [1.165, 1.54) is 38.8 Å². The zero-order valence-electron chi connectivity index (χ0n) is 13.1. The molecule has 0 atom stereocenters. The van der Waals surface area contributed by atoms with Gasteiger partial charge in [-0.1, -0.05) is 6.42 Å². The van der Waals surface area contributed by atoms with E-state index in [-0.39, 0.29) is 0 Å². The number of rotatable bonds is 4. The summed E-state index contributed by atoms with van der Waals surface area (Å²) < 4.78 is 0. The van der Waals surface area contributed by atoms with Gasteiger partial charge in [-0.15, -0.1) is 0 Å². The molecule has 0 aromatic carbocycles. The molecule has 1 heterocycles.